The molecule has 7 heteroatoms. The molecule has 2 aromatic rings. The first-order valence-corrected chi connectivity index (χ1v) is 7.31. The highest BCUT2D eigenvalue weighted by Crippen LogP contribution is 2.29. The van der Waals surface area contributed by atoms with Gasteiger partial charge in [0.1, 0.15) is 5.75 Å². The molecule has 0 saturated carbocycles. The highest BCUT2D eigenvalue weighted by Gasteiger charge is 2.16. The van der Waals surface area contributed by atoms with Crippen LogP contribution in [-0.4, -0.2) is 40.1 Å². The number of hydrogen-bond donors (Lipinski definition) is 1. The van der Waals surface area contributed by atoms with E-state index in [0.717, 1.165) is 22.2 Å². The van der Waals surface area contributed by atoms with Crippen LogP contribution in [0.5, 0.6) is 5.75 Å². The van der Waals surface area contributed by atoms with E-state index in [9.17, 15) is 0 Å². The number of thioether (sulfide) groups is 1. The van der Waals surface area contributed by atoms with Gasteiger partial charge in [0.2, 0.25) is 5.16 Å². The van der Waals surface area contributed by atoms with Gasteiger partial charge in [-0.1, -0.05) is 29.5 Å². The largest absolute Gasteiger partial charge is 0.496 e. The van der Waals surface area contributed by atoms with E-state index in [4.69, 9.17) is 4.74 Å². The number of nitrogens with zero attached hydrogens (tertiary/aromatic N) is 4. The van der Waals surface area contributed by atoms with Gasteiger partial charge in [-0.3, -0.25) is 0 Å². The lowest BCUT2D eigenvalue weighted by atomic mass is 10.0. The molecule has 2 rings (SSSR count). The summed E-state index contributed by atoms with van der Waals surface area (Å²) in [7, 11) is 5.48. The Labute approximate surface area is 122 Å². The monoisotopic (exact) mass is 293 g/mol. The normalized spacial score (nSPS) is 12.4. The molecule has 1 atom stereocenters. The van der Waals surface area contributed by atoms with E-state index in [1.807, 2.05) is 20.2 Å². The van der Waals surface area contributed by atoms with E-state index >= 15 is 0 Å². The van der Waals surface area contributed by atoms with Gasteiger partial charge in [0.25, 0.3) is 0 Å². The maximum absolute atomic E-state index is 5.45. The lowest BCUT2D eigenvalue weighted by molar-refractivity contribution is 0.404. The molecule has 0 spiro atoms. The Hall–Kier alpha value is -1.60. The number of ether oxygens (including phenoxy) is 1. The van der Waals surface area contributed by atoms with Gasteiger partial charge in [0.15, 0.2) is 0 Å². The maximum atomic E-state index is 5.45. The topological polar surface area (TPSA) is 64.9 Å². The predicted molar refractivity (Wildman–Crippen MR) is 79.1 cm³/mol. The molecular weight excluding hydrogens is 274 g/mol. The summed E-state index contributed by atoms with van der Waals surface area (Å²) in [6.45, 7) is 2.08. The van der Waals surface area contributed by atoms with Gasteiger partial charge in [-0.05, 0) is 30.5 Å². The van der Waals surface area contributed by atoms with E-state index in [2.05, 4.69) is 39.9 Å². The molecule has 1 unspecified atom stereocenters. The van der Waals surface area contributed by atoms with Crippen LogP contribution in [0, 0.1) is 6.92 Å². The summed E-state index contributed by atoms with van der Waals surface area (Å²) < 4.78 is 7.12. The molecule has 0 aliphatic carbocycles. The van der Waals surface area contributed by atoms with E-state index in [-0.39, 0.29) is 6.04 Å². The van der Waals surface area contributed by atoms with E-state index < -0.39 is 0 Å². The highest BCUT2D eigenvalue weighted by atomic mass is 32.2. The van der Waals surface area contributed by atoms with Gasteiger partial charge in [-0.25, -0.2) is 4.68 Å². The van der Waals surface area contributed by atoms with Crippen molar-refractivity contribution in [3.05, 3.63) is 29.3 Å². The Morgan fingerprint density at radius 2 is 2.25 bits per heavy atom. The number of tetrazole rings is 1. The Morgan fingerprint density at radius 1 is 1.45 bits per heavy atom. The van der Waals surface area contributed by atoms with Crippen LogP contribution in [0.15, 0.2) is 23.4 Å². The zero-order valence-corrected chi connectivity index (χ0v) is 12.9. The van der Waals surface area contributed by atoms with Crippen molar-refractivity contribution >= 4 is 11.8 Å². The third kappa shape index (κ3) is 3.29. The third-order valence-corrected chi connectivity index (χ3v) is 4.17. The number of aromatic nitrogens is 4. The lowest BCUT2D eigenvalue weighted by Crippen LogP contribution is -2.20. The summed E-state index contributed by atoms with van der Waals surface area (Å²) in [4.78, 5) is 0. The van der Waals surface area contributed by atoms with Crippen molar-refractivity contribution in [2.24, 2.45) is 7.05 Å². The van der Waals surface area contributed by atoms with Crippen molar-refractivity contribution < 1.29 is 4.74 Å². The summed E-state index contributed by atoms with van der Waals surface area (Å²) in [5.41, 5.74) is 2.36. The fraction of sp³-hybridized carbons (Fsp3) is 0.462. The van der Waals surface area contributed by atoms with Crippen LogP contribution in [0.2, 0.25) is 0 Å². The number of rotatable bonds is 6. The molecule has 0 bridgehead atoms. The quantitative estimate of drug-likeness (QED) is 0.816. The van der Waals surface area contributed by atoms with Crippen LogP contribution in [0.4, 0.5) is 0 Å². The fourth-order valence-electron chi connectivity index (χ4n) is 1.96. The molecule has 1 aromatic carbocycles. The molecule has 1 N–H and O–H groups in total. The molecule has 20 heavy (non-hydrogen) atoms. The van der Waals surface area contributed by atoms with Gasteiger partial charge >= 0.3 is 0 Å². The number of benzene rings is 1. The van der Waals surface area contributed by atoms with Crippen LogP contribution in [0.1, 0.15) is 17.2 Å². The molecule has 0 amide bonds. The second-order valence-corrected chi connectivity index (χ2v) is 5.47. The summed E-state index contributed by atoms with van der Waals surface area (Å²) in [5.74, 6) is 1.72. The first-order valence-electron chi connectivity index (χ1n) is 6.32. The SMILES string of the molecule is CNC(CSc1nnnn1C)c1cc(C)ccc1OC. The third-order valence-electron chi connectivity index (χ3n) is 3.07. The molecule has 0 saturated heterocycles. The number of nitrogens with one attached hydrogen (secondary N) is 1. The van der Waals surface area contributed by atoms with Gasteiger partial charge < -0.3 is 10.1 Å². The zero-order chi connectivity index (χ0) is 14.5. The molecule has 0 aliphatic heterocycles. The molecule has 1 aromatic heterocycles. The molecular formula is C13H19N5OS. The second kappa shape index (κ2) is 6.71. The average Bonchev–Trinajstić information content (AvgIpc) is 2.85. The molecule has 0 fully saturated rings. The van der Waals surface area contributed by atoms with E-state index in [0.29, 0.717) is 0 Å². The Balaban J connectivity index is 2.16. The van der Waals surface area contributed by atoms with E-state index in [1.54, 1.807) is 23.6 Å². The number of methoxy groups -OCH3 is 1. The lowest BCUT2D eigenvalue weighted by Gasteiger charge is -2.19. The van der Waals surface area contributed by atoms with Crippen LogP contribution in [0.25, 0.3) is 0 Å². The Kier molecular flexibility index (Phi) is 4.97. The van der Waals surface area contributed by atoms with E-state index in [1.165, 1.54) is 5.56 Å². The van der Waals surface area contributed by atoms with Crippen molar-refractivity contribution in [3.63, 3.8) is 0 Å². The molecule has 1 heterocycles. The van der Waals surface area contributed by atoms with Crippen molar-refractivity contribution in [2.45, 2.75) is 18.1 Å². The minimum Gasteiger partial charge on any atom is -0.496 e. The predicted octanol–water partition coefficient (Wildman–Crippen LogP) is 1.58. The summed E-state index contributed by atoms with van der Waals surface area (Å²) >= 11 is 1.62. The van der Waals surface area contributed by atoms with Crippen molar-refractivity contribution in [2.75, 3.05) is 19.9 Å². The maximum Gasteiger partial charge on any atom is 0.209 e. The van der Waals surface area contributed by atoms with Crippen molar-refractivity contribution in [3.8, 4) is 5.75 Å². The number of aryl methyl sites for hydroxylation is 2. The average molecular weight is 293 g/mol. The summed E-state index contributed by atoms with van der Waals surface area (Å²) in [5, 5.41) is 15.6. The van der Waals surface area contributed by atoms with Crippen molar-refractivity contribution in [1.29, 1.82) is 0 Å². The van der Waals surface area contributed by atoms with Crippen LogP contribution >= 0.6 is 11.8 Å². The van der Waals surface area contributed by atoms with Crippen LogP contribution in [-0.2, 0) is 7.05 Å². The first-order chi connectivity index (χ1) is 9.65. The van der Waals surface area contributed by atoms with Gasteiger partial charge in [0, 0.05) is 24.4 Å². The summed E-state index contributed by atoms with van der Waals surface area (Å²) in [6, 6.07) is 6.37. The standard InChI is InChI=1S/C13H19N5OS/c1-9-5-6-12(19-4)10(7-9)11(14-2)8-20-13-15-16-17-18(13)3/h5-7,11,14H,8H2,1-4H3. The van der Waals surface area contributed by atoms with Crippen LogP contribution < -0.4 is 10.1 Å². The van der Waals surface area contributed by atoms with Gasteiger partial charge in [0.05, 0.1) is 7.11 Å². The van der Waals surface area contributed by atoms with Gasteiger partial charge in [-0.2, -0.15) is 0 Å². The van der Waals surface area contributed by atoms with Crippen LogP contribution in [0.3, 0.4) is 0 Å². The minimum absolute atomic E-state index is 0.173. The Morgan fingerprint density at radius 3 is 2.85 bits per heavy atom. The smallest absolute Gasteiger partial charge is 0.209 e. The molecule has 0 aliphatic rings. The second-order valence-electron chi connectivity index (χ2n) is 4.48. The number of hydrogen-bond acceptors (Lipinski definition) is 6. The summed E-state index contributed by atoms with van der Waals surface area (Å²) in [6.07, 6.45) is 0. The minimum atomic E-state index is 0.173. The van der Waals surface area contributed by atoms with Crippen molar-refractivity contribution in [1.82, 2.24) is 25.5 Å². The first kappa shape index (κ1) is 14.8. The zero-order valence-electron chi connectivity index (χ0n) is 12.1. The molecule has 0 radical (unpaired) electrons. The molecule has 108 valence electrons. The Bertz CT molecular complexity index is 572. The highest BCUT2D eigenvalue weighted by molar-refractivity contribution is 7.99. The van der Waals surface area contributed by atoms with Gasteiger partial charge in [-0.15, -0.1) is 5.10 Å². The molecule has 6 nitrogen and oxygen atoms in total. The fourth-order valence-corrected chi connectivity index (χ4v) is 2.94.